The van der Waals surface area contributed by atoms with Crippen molar-refractivity contribution in [1.29, 1.82) is 0 Å². The molecule has 0 saturated carbocycles. The van der Waals surface area contributed by atoms with Crippen molar-refractivity contribution in [3.8, 4) is 0 Å². The van der Waals surface area contributed by atoms with E-state index in [0.29, 0.717) is 11.7 Å². The van der Waals surface area contributed by atoms with E-state index in [1.54, 1.807) is 12.5 Å². The average Bonchev–Trinajstić information content (AvgIpc) is 3.16. The van der Waals surface area contributed by atoms with Crippen LogP contribution >= 0.6 is 35.6 Å². The Balaban J connectivity index is 0.00000288. The van der Waals surface area contributed by atoms with E-state index >= 15 is 0 Å². The Bertz CT molecular complexity index is 626. The molecule has 24 heavy (non-hydrogen) atoms. The molecule has 134 valence electrons. The lowest BCUT2D eigenvalue weighted by Gasteiger charge is -2.22. The van der Waals surface area contributed by atoms with Crippen molar-refractivity contribution < 1.29 is 4.42 Å². The summed E-state index contributed by atoms with van der Waals surface area (Å²) in [6.07, 6.45) is 5.18. The van der Waals surface area contributed by atoms with Crippen LogP contribution in [-0.4, -0.2) is 40.5 Å². The molecule has 2 rings (SSSR count). The molecule has 2 aromatic rings. The van der Waals surface area contributed by atoms with Crippen molar-refractivity contribution in [3.63, 3.8) is 0 Å². The van der Waals surface area contributed by atoms with Crippen molar-refractivity contribution in [1.82, 2.24) is 19.8 Å². The predicted octanol–water partition coefficient (Wildman–Crippen LogP) is 3.31. The smallest absolute Gasteiger partial charge is 0.194 e. The number of aromatic nitrogens is 2. The van der Waals surface area contributed by atoms with E-state index in [9.17, 15) is 0 Å². The molecule has 2 heterocycles. The first-order chi connectivity index (χ1) is 11.1. The van der Waals surface area contributed by atoms with Crippen molar-refractivity contribution in [2.45, 2.75) is 26.3 Å². The van der Waals surface area contributed by atoms with Crippen molar-refractivity contribution in [2.75, 3.05) is 20.1 Å². The molecule has 2 aromatic heterocycles. The fourth-order valence-corrected chi connectivity index (χ4v) is 2.29. The van der Waals surface area contributed by atoms with Crippen LogP contribution in [0.25, 0.3) is 0 Å². The molecule has 0 aliphatic heterocycles. The third kappa shape index (κ3) is 6.01. The first kappa shape index (κ1) is 20.8. The van der Waals surface area contributed by atoms with Crippen LogP contribution in [0.3, 0.4) is 0 Å². The molecule has 0 aliphatic carbocycles. The summed E-state index contributed by atoms with van der Waals surface area (Å²) >= 11 is 6.04. The zero-order chi connectivity index (χ0) is 16.7. The molecule has 0 spiro atoms. The molecule has 0 saturated heterocycles. The largest absolute Gasteiger partial charge is 0.469 e. The molecule has 6 nitrogen and oxygen atoms in total. The molecule has 0 amide bonds. The molecule has 1 N–H and O–H groups in total. The van der Waals surface area contributed by atoms with Crippen LogP contribution in [-0.2, 0) is 20.0 Å². The molecular weight excluding hydrogens is 441 g/mol. The second-order valence-electron chi connectivity index (χ2n) is 5.37. The predicted molar refractivity (Wildman–Crippen MR) is 108 cm³/mol. The number of aliphatic imine (C=N–C) groups is 1. The second-order valence-corrected chi connectivity index (χ2v) is 5.76. The van der Waals surface area contributed by atoms with E-state index in [1.165, 1.54) is 0 Å². The van der Waals surface area contributed by atoms with Gasteiger partial charge in [-0.25, -0.2) is 4.98 Å². The second kappa shape index (κ2) is 10.6. The fraction of sp³-hybridized carbons (Fsp3) is 0.500. The van der Waals surface area contributed by atoms with Gasteiger partial charge in [-0.15, -0.1) is 24.0 Å². The molecular formula is C16H25ClIN5O. The van der Waals surface area contributed by atoms with Gasteiger partial charge in [0.05, 0.1) is 19.0 Å². The molecule has 0 aliphatic rings. The molecule has 0 atom stereocenters. The van der Waals surface area contributed by atoms with Gasteiger partial charge in [-0.1, -0.05) is 18.5 Å². The summed E-state index contributed by atoms with van der Waals surface area (Å²) in [5.74, 6) is 2.72. The Morgan fingerprint density at radius 2 is 2.29 bits per heavy atom. The molecule has 0 unspecified atom stereocenters. The summed E-state index contributed by atoms with van der Waals surface area (Å²) in [5, 5.41) is 4.02. The number of nitrogens with one attached hydrogen (secondary N) is 1. The highest BCUT2D eigenvalue weighted by atomic mass is 127. The Labute approximate surface area is 165 Å². The highest BCUT2D eigenvalue weighted by Crippen LogP contribution is 2.10. The number of rotatable bonds is 7. The highest BCUT2D eigenvalue weighted by molar-refractivity contribution is 14.0. The van der Waals surface area contributed by atoms with Crippen LogP contribution in [0.15, 0.2) is 34.0 Å². The van der Waals surface area contributed by atoms with Gasteiger partial charge < -0.3 is 19.2 Å². The van der Waals surface area contributed by atoms with Gasteiger partial charge in [0, 0.05) is 33.6 Å². The van der Waals surface area contributed by atoms with Crippen LogP contribution < -0.4 is 5.32 Å². The Morgan fingerprint density at radius 3 is 2.88 bits per heavy atom. The summed E-state index contributed by atoms with van der Waals surface area (Å²) in [7, 11) is 3.91. The maximum Gasteiger partial charge on any atom is 0.194 e. The van der Waals surface area contributed by atoms with Gasteiger partial charge in [-0.05, 0) is 18.6 Å². The summed E-state index contributed by atoms with van der Waals surface area (Å²) in [4.78, 5) is 11.0. The average molecular weight is 466 g/mol. The van der Waals surface area contributed by atoms with E-state index in [2.05, 4.69) is 27.1 Å². The van der Waals surface area contributed by atoms with Gasteiger partial charge in [0.25, 0.3) is 0 Å². The van der Waals surface area contributed by atoms with Crippen LogP contribution in [0.1, 0.15) is 24.9 Å². The lowest BCUT2D eigenvalue weighted by atomic mass is 10.3. The molecule has 0 aromatic carbocycles. The number of hydrogen-bond donors (Lipinski definition) is 1. The lowest BCUT2D eigenvalue weighted by Crippen LogP contribution is -2.40. The van der Waals surface area contributed by atoms with Crippen molar-refractivity contribution in [2.24, 2.45) is 12.0 Å². The van der Waals surface area contributed by atoms with Gasteiger partial charge in [-0.3, -0.25) is 4.99 Å². The van der Waals surface area contributed by atoms with Crippen LogP contribution in [0.5, 0.6) is 0 Å². The SMILES string of the molecule is CCCN=C(NCCc1ccco1)N(C)Cc1ncc(Cl)n1C.I. The lowest BCUT2D eigenvalue weighted by molar-refractivity contribution is 0.449. The van der Waals surface area contributed by atoms with Gasteiger partial charge in [-0.2, -0.15) is 0 Å². The maximum absolute atomic E-state index is 6.04. The third-order valence-electron chi connectivity index (χ3n) is 3.49. The van der Waals surface area contributed by atoms with Crippen molar-refractivity contribution >= 4 is 41.5 Å². The first-order valence-corrected chi connectivity index (χ1v) is 8.17. The van der Waals surface area contributed by atoms with E-state index in [-0.39, 0.29) is 24.0 Å². The summed E-state index contributed by atoms with van der Waals surface area (Å²) in [5.41, 5.74) is 0. The molecule has 0 radical (unpaired) electrons. The topological polar surface area (TPSA) is 58.6 Å². The standard InChI is InChI=1S/C16H24ClN5O.HI/c1-4-8-18-16(19-9-7-13-6-5-10-23-13)21(2)12-15-20-11-14(17)22(15)3;/h5-6,10-11H,4,7-9,12H2,1-3H3,(H,18,19);1H. The van der Waals surface area contributed by atoms with Crippen LogP contribution in [0.2, 0.25) is 5.15 Å². The Kier molecular flexibility index (Phi) is 9.20. The van der Waals surface area contributed by atoms with Crippen LogP contribution in [0, 0.1) is 0 Å². The number of guanidine groups is 1. The van der Waals surface area contributed by atoms with E-state index < -0.39 is 0 Å². The quantitative estimate of drug-likeness (QED) is 0.387. The number of hydrogen-bond acceptors (Lipinski definition) is 3. The summed E-state index contributed by atoms with van der Waals surface area (Å²) < 4.78 is 7.22. The number of nitrogens with zero attached hydrogens (tertiary/aromatic N) is 4. The number of imidazole rings is 1. The van der Waals surface area contributed by atoms with Gasteiger partial charge in [0.1, 0.15) is 16.7 Å². The third-order valence-corrected chi connectivity index (χ3v) is 3.84. The molecule has 8 heteroatoms. The van der Waals surface area contributed by atoms with Gasteiger partial charge >= 0.3 is 0 Å². The highest BCUT2D eigenvalue weighted by Gasteiger charge is 2.11. The van der Waals surface area contributed by atoms with E-state index in [1.807, 2.05) is 30.8 Å². The van der Waals surface area contributed by atoms with Gasteiger partial charge in [0.2, 0.25) is 0 Å². The first-order valence-electron chi connectivity index (χ1n) is 7.79. The normalized spacial score (nSPS) is 11.2. The molecule has 0 bridgehead atoms. The molecule has 0 fully saturated rings. The minimum atomic E-state index is 0. The minimum absolute atomic E-state index is 0. The van der Waals surface area contributed by atoms with Crippen molar-refractivity contribution in [3.05, 3.63) is 41.3 Å². The monoisotopic (exact) mass is 465 g/mol. The number of furan rings is 1. The summed E-state index contributed by atoms with van der Waals surface area (Å²) in [6, 6.07) is 3.88. The van der Waals surface area contributed by atoms with E-state index in [4.69, 9.17) is 16.0 Å². The zero-order valence-electron chi connectivity index (χ0n) is 14.3. The fourth-order valence-electron chi connectivity index (χ4n) is 2.14. The number of halogens is 2. The Morgan fingerprint density at radius 1 is 1.50 bits per heavy atom. The zero-order valence-corrected chi connectivity index (χ0v) is 17.4. The Hall–Kier alpha value is -1.22. The maximum atomic E-state index is 6.04. The van der Waals surface area contributed by atoms with E-state index in [0.717, 1.165) is 43.5 Å². The van der Waals surface area contributed by atoms with Gasteiger partial charge in [0.15, 0.2) is 5.96 Å². The van der Waals surface area contributed by atoms with Crippen LogP contribution in [0.4, 0.5) is 0 Å². The minimum Gasteiger partial charge on any atom is -0.469 e. The summed E-state index contributed by atoms with van der Waals surface area (Å²) in [6.45, 7) is 4.30.